The third-order valence-electron chi connectivity index (χ3n) is 4.13. The van der Waals surface area contributed by atoms with Crippen molar-refractivity contribution in [3.05, 3.63) is 60.3 Å². The van der Waals surface area contributed by atoms with Gasteiger partial charge in [0.05, 0.1) is 0 Å². The highest BCUT2D eigenvalue weighted by molar-refractivity contribution is 5.95. The van der Waals surface area contributed by atoms with Crippen LogP contribution in [0.25, 0.3) is 10.9 Å². The van der Waals surface area contributed by atoms with E-state index in [9.17, 15) is 9.59 Å². The molecule has 0 spiro atoms. The van der Waals surface area contributed by atoms with Crippen molar-refractivity contribution in [2.24, 2.45) is 0 Å². The Bertz CT molecular complexity index is 943. The summed E-state index contributed by atoms with van der Waals surface area (Å²) in [6.45, 7) is 4.50. The van der Waals surface area contributed by atoms with Crippen LogP contribution in [-0.4, -0.2) is 22.9 Å². The summed E-state index contributed by atoms with van der Waals surface area (Å²) in [6.07, 6.45) is 3.13. The number of hydrogen-bond acceptors (Lipinski definition) is 3. The second kappa shape index (κ2) is 7.87. The zero-order chi connectivity index (χ0) is 18.5. The number of carbonyl (C=O) groups excluding carboxylic acids is 2. The number of ketones is 1. The molecule has 0 aliphatic heterocycles. The highest BCUT2D eigenvalue weighted by Crippen LogP contribution is 2.21. The maximum Gasteiger partial charge on any atom is 0.262 e. The smallest absolute Gasteiger partial charge is 0.262 e. The molecule has 5 nitrogen and oxygen atoms in total. The molecule has 0 saturated heterocycles. The lowest BCUT2D eigenvalue weighted by molar-refractivity contribution is -0.118. The van der Waals surface area contributed by atoms with Gasteiger partial charge in [-0.25, -0.2) is 0 Å². The van der Waals surface area contributed by atoms with Gasteiger partial charge in [0.2, 0.25) is 0 Å². The topological polar surface area (TPSA) is 60.3 Å². The highest BCUT2D eigenvalue weighted by atomic mass is 16.5. The first-order valence-electron chi connectivity index (χ1n) is 8.69. The van der Waals surface area contributed by atoms with Crippen molar-refractivity contribution in [3.8, 4) is 5.75 Å². The van der Waals surface area contributed by atoms with Gasteiger partial charge in [-0.15, -0.1) is 0 Å². The minimum absolute atomic E-state index is 0.0387. The van der Waals surface area contributed by atoms with Gasteiger partial charge in [0, 0.05) is 34.9 Å². The number of benzene rings is 2. The Kier molecular flexibility index (Phi) is 5.37. The summed E-state index contributed by atoms with van der Waals surface area (Å²) >= 11 is 0. The number of nitrogens with zero attached hydrogens (tertiary/aromatic N) is 1. The normalized spacial score (nSPS) is 10.7. The molecule has 1 aromatic heterocycles. The van der Waals surface area contributed by atoms with Crippen LogP contribution in [0.2, 0.25) is 0 Å². The van der Waals surface area contributed by atoms with Crippen molar-refractivity contribution in [3.63, 3.8) is 0 Å². The average molecular weight is 350 g/mol. The molecule has 0 unspecified atom stereocenters. The number of nitrogens with one attached hydrogen (secondary N) is 1. The first kappa shape index (κ1) is 17.7. The SMILES string of the molecule is CCCn1ccc2cc(NC(=O)COc3cccc(C(C)=O)c3)ccc21. The van der Waals surface area contributed by atoms with E-state index in [0.29, 0.717) is 11.3 Å². The minimum Gasteiger partial charge on any atom is -0.484 e. The predicted octanol–water partition coefficient (Wildman–Crippen LogP) is 4.27. The molecule has 5 heteroatoms. The molecule has 0 atom stereocenters. The fourth-order valence-electron chi connectivity index (χ4n) is 2.86. The number of Topliss-reactive ketones (excluding diaryl/α,β-unsaturated/α-hetero) is 1. The molecule has 0 aliphatic carbocycles. The molecular weight excluding hydrogens is 328 g/mol. The predicted molar refractivity (Wildman–Crippen MR) is 103 cm³/mol. The lowest BCUT2D eigenvalue weighted by Gasteiger charge is -2.09. The van der Waals surface area contributed by atoms with Crippen LogP contribution < -0.4 is 10.1 Å². The molecule has 26 heavy (non-hydrogen) atoms. The summed E-state index contributed by atoms with van der Waals surface area (Å²) in [4.78, 5) is 23.5. The summed E-state index contributed by atoms with van der Waals surface area (Å²) in [6, 6.07) is 14.7. The summed E-state index contributed by atoms with van der Waals surface area (Å²) < 4.78 is 7.69. The molecule has 3 rings (SSSR count). The van der Waals surface area contributed by atoms with E-state index in [-0.39, 0.29) is 18.3 Å². The van der Waals surface area contributed by atoms with E-state index in [0.717, 1.165) is 29.6 Å². The second-order valence-corrected chi connectivity index (χ2v) is 6.20. The molecule has 1 heterocycles. The number of aromatic nitrogens is 1. The maximum atomic E-state index is 12.1. The molecule has 2 aromatic carbocycles. The third-order valence-corrected chi connectivity index (χ3v) is 4.13. The Labute approximate surface area is 152 Å². The Hall–Kier alpha value is -3.08. The van der Waals surface area contributed by atoms with Crippen LogP contribution >= 0.6 is 0 Å². The van der Waals surface area contributed by atoms with E-state index in [4.69, 9.17) is 4.74 Å². The van der Waals surface area contributed by atoms with Crippen LogP contribution in [0, 0.1) is 0 Å². The van der Waals surface area contributed by atoms with Crippen molar-refractivity contribution in [2.75, 3.05) is 11.9 Å². The molecule has 3 aromatic rings. The number of rotatable bonds is 7. The number of anilines is 1. The molecule has 134 valence electrons. The number of hydrogen-bond donors (Lipinski definition) is 1. The lowest BCUT2D eigenvalue weighted by atomic mass is 10.1. The summed E-state index contributed by atoms with van der Waals surface area (Å²) in [5, 5.41) is 3.93. The Morgan fingerprint density at radius 3 is 2.73 bits per heavy atom. The van der Waals surface area contributed by atoms with E-state index in [2.05, 4.69) is 23.0 Å². The molecule has 1 N–H and O–H groups in total. The molecule has 0 radical (unpaired) electrons. The van der Waals surface area contributed by atoms with Crippen LogP contribution in [0.1, 0.15) is 30.6 Å². The summed E-state index contributed by atoms with van der Waals surface area (Å²) in [5.74, 6) is 0.216. The molecule has 1 amide bonds. The third kappa shape index (κ3) is 4.11. The van der Waals surface area contributed by atoms with Crippen molar-refractivity contribution >= 4 is 28.3 Å². The van der Waals surface area contributed by atoms with Crippen LogP contribution in [0.4, 0.5) is 5.69 Å². The summed E-state index contributed by atoms with van der Waals surface area (Å²) in [5.41, 5.74) is 2.45. The van der Waals surface area contributed by atoms with Gasteiger partial charge in [0.15, 0.2) is 12.4 Å². The Morgan fingerprint density at radius 2 is 1.96 bits per heavy atom. The molecule has 0 bridgehead atoms. The van der Waals surface area contributed by atoms with Gasteiger partial charge in [-0.1, -0.05) is 19.1 Å². The maximum absolute atomic E-state index is 12.1. The summed E-state index contributed by atoms with van der Waals surface area (Å²) in [7, 11) is 0. The van der Waals surface area contributed by atoms with Gasteiger partial charge in [0.25, 0.3) is 5.91 Å². The number of aryl methyl sites for hydroxylation is 1. The fraction of sp³-hybridized carbons (Fsp3) is 0.238. The highest BCUT2D eigenvalue weighted by Gasteiger charge is 2.07. The number of fused-ring (bicyclic) bond motifs is 1. The van der Waals surface area contributed by atoms with E-state index in [1.807, 2.05) is 24.3 Å². The first-order chi connectivity index (χ1) is 12.6. The van der Waals surface area contributed by atoms with Gasteiger partial charge in [-0.05, 0) is 49.7 Å². The molecular formula is C21H22N2O3. The zero-order valence-electron chi connectivity index (χ0n) is 15.0. The molecule has 0 fully saturated rings. The molecule has 0 aliphatic rings. The Morgan fingerprint density at radius 1 is 1.12 bits per heavy atom. The number of ether oxygens (including phenoxy) is 1. The quantitative estimate of drug-likeness (QED) is 0.647. The second-order valence-electron chi connectivity index (χ2n) is 6.20. The first-order valence-corrected chi connectivity index (χ1v) is 8.69. The number of amides is 1. The van der Waals surface area contributed by atoms with E-state index in [1.54, 1.807) is 24.3 Å². The van der Waals surface area contributed by atoms with Gasteiger partial charge >= 0.3 is 0 Å². The van der Waals surface area contributed by atoms with Gasteiger partial charge in [-0.2, -0.15) is 0 Å². The monoisotopic (exact) mass is 350 g/mol. The largest absolute Gasteiger partial charge is 0.484 e. The standard InChI is InChI=1S/C21H22N2O3/c1-3-10-23-11-9-17-12-18(7-8-20(17)23)22-21(25)14-26-19-6-4-5-16(13-19)15(2)24/h4-9,11-13H,3,10,14H2,1-2H3,(H,22,25). The van der Waals surface area contributed by atoms with E-state index < -0.39 is 0 Å². The van der Waals surface area contributed by atoms with Gasteiger partial charge in [-0.3, -0.25) is 9.59 Å². The lowest BCUT2D eigenvalue weighted by Crippen LogP contribution is -2.20. The van der Waals surface area contributed by atoms with Crippen LogP contribution in [0.15, 0.2) is 54.7 Å². The van der Waals surface area contributed by atoms with Crippen LogP contribution in [-0.2, 0) is 11.3 Å². The Balaban J connectivity index is 1.62. The van der Waals surface area contributed by atoms with Crippen molar-refractivity contribution in [2.45, 2.75) is 26.8 Å². The average Bonchev–Trinajstić information content (AvgIpc) is 3.03. The number of carbonyl (C=O) groups is 2. The van der Waals surface area contributed by atoms with E-state index >= 15 is 0 Å². The van der Waals surface area contributed by atoms with Crippen LogP contribution in [0.5, 0.6) is 5.75 Å². The van der Waals surface area contributed by atoms with Crippen LogP contribution in [0.3, 0.4) is 0 Å². The van der Waals surface area contributed by atoms with Gasteiger partial charge < -0.3 is 14.6 Å². The van der Waals surface area contributed by atoms with Gasteiger partial charge in [0.1, 0.15) is 5.75 Å². The molecule has 0 saturated carbocycles. The van der Waals surface area contributed by atoms with Crippen molar-refractivity contribution < 1.29 is 14.3 Å². The van der Waals surface area contributed by atoms with E-state index in [1.165, 1.54) is 6.92 Å². The van der Waals surface area contributed by atoms with Crippen molar-refractivity contribution in [1.29, 1.82) is 0 Å². The fourth-order valence-corrected chi connectivity index (χ4v) is 2.86. The zero-order valence-corrected chi connectivity index (χ0v) is 15.0. The minimum atomic E-state index is -0.245. The van der Waals surface area contributed by atoms with Crippen molar-refractivity contribution in [1.82, 2.24) is 4.57 Å².